The number of alkyl halides is 3. The van der Waals surface area contributed by atoms with Crippen molar-refractivity contribution in [3.8, 4) is 0 Å². The monoisotopic (exact) mass is 265 g/mol. The fourth-order valence-electron chi connectivity index (χ4n) is 1.47. The molecule has 0 saturated carbocycles. The lowest BCUT2D eigenvalue weighted by molar-refractivity contribution is -0.173. The Morgan fingerprint density at radius 3 is 2.56 bits per heavy atom. The second-order valence-electron chi connectivity index (χ2n) is 3.87. The van der Waals surface area contributed by atoms with Crippen LogP contribution in [0.4, 0.5) is 17.6 Å². The minimum atomic E-state index is -4.31. The number of benzene rings is 1. The number of hydrogen-bond acceptors (Lipinski definition) is 2. The van der Waals surface area contributed by atoms with Crippen molar-refractivity contribution in [1.82, 2.24) is 5.32 Å². The molecule has 0 fully saturated rings. The van der Waals surface area contributed by atoms with Gasteiger partial charge in [-0.15, -0.1) is 0 Å². The first-order chi connectivity index (χ1) is 8.40. The molecule has 18 heavy (non-hydrogen) atoms. The predicted molar refractivity (Wildman–Crippen MR) is 59.7 cm³/mol. The molecule has 6 heteroatoms. The first-order valence-corrected chi connectivity index (χ1v) is 5.52. The van der Waals surface area contributed by atoms with Gasteiger partial charge in [-0.2, -0.15) is 13.2 Å². The summed E-state index contributed by atoms with van der Waals surface area (Å²) >= 11 is 0. The van der Waals surface area contributed by atoms with E-state index in [0.717, 1.165) is 0 Å². The molecule has 1 atom stereocenters. The van der Waals surface area contributed by atoms with Crippen LogP contribution in [0.3, 0.4) is 0 Å². The molecule has 0 spiro atoms. The zero-order valence-corrected chi connectivity index (χ0v) is 9.93. The highest BCUT2D eigenvalue weighted by Gasteiger charge is 2.27. The summed E-state index contributed by atoms with van der Waals surface area (Å²) in [6, 6.07) is 5.98. The molecule has 1 N–H and O–H groups in total. The van der Waals surface area contributed by atoms with E-state index in [1.54, 1.807) is 25.1 Å². The first-order valence-electron chi connectivity index (χ1n) is 5.52. The van der Waals surface area contributed by atoms with Gasteiger partial charge in [0.15, 0.2) is 0 Å². The van der Waals surface area contributed by atoms with E-state index in [1.807, 2.05) is 0 Å². The van der Waals surface area contributed by atoms with Gasteiger partial charge in [-0.25, -0.2) is 4.39 Å². The Labute approximate surface area is 103 Å². The molecule has 102 valence electrons. The van der Waals surface area contributed by atoms with Gasteiger partial charge in [0.1, 0.15) is 12.4 Å². The zero-order valence-electron chi connectivity index (χ0n) is 9.93. The Morgan fingerprint density at radius 2 is 1.94 bits per heavy atom. The average molecular weight is 265 g/mol. The largest absolute Gasteiger partial charge is 0.411 e. The van der Waals surface area contributed by atoms with Crippen LogP contribution in [-0.4, -0.2) is 25.9 Å². The lowest BCUT2D eigenvalue weighted by Crippen LogP contribution is -2.26. The fourth-order valence-corrected chi connectivity index (χ4v) is 1.47. The highest BCUT2D eigenvalue weighted by atomic mass is 19.4. The fraction of sp³-hybridized carbons (Fsp3) is 0.500. The summed E-state index contributed by atoms with van der Waals surface area (Å²) < 4.78 is 53.1. The van der Waals surface area contributed by atoms with Gasteiger partial charge in [0.2, 0.25) is 0 Å². The SMILES string of the molecule is C[C@@H](NCCOCC(F)(F)F)c1ccccc1F. The third-order valence-corrected chi connectivity index (χ3v) is 2.33. The molecule has 0 aliphatic heterocycles. The summed E-state index contributed by atoms with van der Waals surface area (Å²) in [5.41, 5.74) is 0.480. The lowest BCUT2D eigenvalue weighted by Gasteiger charge is -2.15. The van der Waals surface area contributed by atoms with Gasteiger partial charge in [-0.1, -0.05) is 18.2 Å². The molecule has 0 amide bonds. The van der Waals surface area contributed by atoms with E-state index < -0.39 is 12.8 Å². The number of nitrogens with one attached hydrogen (secondary N) is 1. The van der Waals surface area contributed by atoms with Crippen molar-refractivity contribution in [1.29, 1.82) is 0 Å². The summed E-state index contributed by atoms with van der Waals surface area (Å²) in [6.07, 6.45) is -4.31. The van der Waals surface area contributed by atoms with Gasteiger partial charge in [0.25, 0.3) is 0 Å². The minimum absolute atomic E-state index is 0.0711. The smallest absolute Gasteiger partial charge is 0.371 e. The Kier molecular flexibility index (Phi) is 5.55. The van der Waals surface area contributed by atoms with Crippen molar-refractivity contribution in [2.24, 2.45) is 0 Å². The maximum atomic E-state index is 13.4. The average Bonchev–Trinajstić information content (AvgIpc) is 2.27. The van der Waals surface area contributed by atoms with Crippen molar-refractivity contribution in [2.75, 3.05) is 19.8 Å². The van der Waals surface area contributed by atoms with E-state index in [0.29, 0.717) is 5.56 Å². The van der Waals surface area contributed by atoms with Crippen LogP contribution in [0.5, 0.6) is 0 Å². The molecule has 0 aromatic heterocycles. The molecular formula is C12H15F4NO. The summed E-state index contributed by atoms with van der Waals surface area (Å²) in [5.74, 6) is -0.339. The summed E-state index contributed by atoms with van der Waals surface area (Å²) in [6.45, 7) is 0.634. The predicted octanol–water partition coefficient (Wildman–Crippen LogP) is 3.06. The van der Waals surface area contributed by atoms with Gasteiger partial charge in [-0.05, 0) is 13.0 Å². The Balaban J connectivity index is 2.26. The van der Waals surface area contributed by atoms with Crippen LogP contribution in [0.15, 0.2) is 24.3 Å². The van der Waals surface area contributed by atoms with Crippen LogP contribution in [0, 0.1) is 5.82 Å². The second kappa shape index (κ2) is 6.70. The van der Waals surface area contributed by atoms with Crippen LogP contribution >= 0.6 is 0 Å². The van der Waals surface area contributed by atoms with Crippen LogP contribution < -0.4 is 5.32 Å². The number of hydrogen-bond donors (Lipinski definition) is 1. The molecule has 0 aliphatic rings. The van der Waals surface area contributed by atoms with E-state index in [1.165, 1.54) is 6.07 Å². The maximum absolute atomic E-state index is 13.4. The highest BCUT2D eigenvalue weighted by Crippen LogP contribution is 2.16. The second-order valence-corrected chi connectivity index (χ2v) is 3.87. The quantitative estimate of drug-likeness (QED) is 0.630. The van der Waals surface area contributed by atoms with E-state index in [-0.39, 0.29) is 25.0 Å². The van der Waals surface area contributed by atoms with Gasteiger partial charge in [0, 0.05) is 18.2 Å². The third-order valence-electron chi connectivity index (χ3n) is 2.33. The van der Waals surface area contributed by atoms with Crippen molar-refractivity contribution >= 4 is 0 Å². The normalized spacial score (nSPS) is 13.6. The number of ether oxygens (including phenoxy) is 1. The molecule has 1 rings (SSSR count). The molecular weight excluding hydrogens is 250 g/mol. The first kappa shape index (κ1) is 14.9. The summed E-state index contributed by atoms with van der Waals surface area (Å²) in [5, 5.41) is 2.89. The van der Waals surface area contributed by atoms with E-state index in [4.69, 9.17) is 0 Å². The molecule has 0 radical (unpaired) electrons. The van der Waals surface area contributed by atoms with Gasteiger partial charge in [0.05, 0.1) is 6.61 Å². The number of rotatable bonds is 6. The van der Waals surface area contributed by atoms with E-state index >= 15 is 0 Å². The topological polar surface area (TPSA) is 21.3 Å². The minimum Gasteiger partial charge on any atom is -0.371 e. The van der Waals surface area contributed by atoms with Crippen LogP contribution in [-0.2, 0) is 4.74 Å². The molecule has 1 aromatic carbocycles. The van der Waals surface area contributed by atoms with E-state index in [9.17, 15) is 17.6 Å². The van der Waals surface area contributed by atoms with Gasteiger partial charge in [-0.3, -0.25) is 0 Å². The van der Waals surface area contributed by atoms with Gasteiger partial charge < -0.3 is 10.1 Å². The molecule has 0 unspecified atom stereocenters. The third kappa shape index (κ3) is 5.46. The van der Waals surface area contributed by atoms with Crippen molar-refractivity contribution in [3.63, 3.8) is 0 Å². The molecule has 1 aromatic rings. The standard InChI is InChI=1S/C12H15F4NO/c1-9(10-4-2-3-5-11(10)13)17-6-7-18-8-12(14,15)16/h2-5,9,17H,6-8H2,1H3/t9-/m1/s1. The van der Waals surface area contributed by atoms with Crippen LogP contribution in [0.25, 0.3) is 0 Å². The zero-order chi connectivity index (χ0) is 13.6. The Morgan fingerprint density at radius 1 is 1.28 bits per heavy atom. The molecule has 2 nitrogen and oxygen atoms in total. The lowest BCUT2D eigenvalue weighted by atomic mass is 10.1. The Bertz CT molecular complexity index is 367. The molecule has 0 aliphatic carbocycles. The van der Waals surface area contributed by atoms with Crippen LogP contribution in [0.2, 0.25) is 0 Å². The van der Waals surface area contributed by atoms with Crippen molar-refractivity contribution in [3.05, 3.63) is 35.6 Å². The molecule has 0 heterocycles. The summed E-state index contributed by atoms with van der Waals surface area (Å²) in [4.78, 5) is 0. The van der Waals surface area contributed by atoms with E-state index in [2.05, 4.69) is 10.1 Å². The van der Waals surface area contributed by atoms with Crippen molar-refractivity contribution < 1.29 is 22.3 Å². The highest BCUT2D eigenvalue weighted by molar-refractivity contribution is 5.20. The molecule has 0 bridgehead atoms. The number of halogens is 4. The van der Waals surface area contributed by atoms with Gasteiger partial charge >= 0.3 is 6.18 Å². The molecule has 0 saturated heterocycles. The Hall–Kier alpha value is -1.14. The van der Waals surface area contributed by atoms with Crippen molar-refractivity contribution in [2.45, 2.75) is 19.1 Å². The maximum Gasteiger partial charge on any atom is 0.411 e. The summed E-state index contributed by atoms with van der Waals surface area (Å²) in [7, 11) is 0. The van der Waals surface area contributed by atoms with Crippen LogP contribution in [0.1, 0.15) is 18.5 Å².